The van der Waals surface area contributed by atoms with E-state index in [0.717, 1.165) is 11.5 Å². The number of aliphatic imine (C=N–C) groups is 1. The molecule has 23 heavy (non-hydrogen) atoms. The van der Waals surface area contributed by atoms with Gasteiger partial charge in [0.2, 0.25) is 11.7 Å². The molecule has 2 N–H and O–H groups in total. The topological polar surface area (TPSA) is 75.3 Å². The van der Waals surface area contributed by atoms with Gasteiger partial charge < -0.3 is 15.2 Å². The molecule has 0 amide bonds. The van der Waals surface area contributed by atoms with Gasteiger partial charge in [-0.15, -0.1) is 24.0 Å². The Morgan fingerprint density at radius 1 is 1.39 bits per heavy atom. The van der Waals surface area contributed by atoms with Crippen LogP contribution >= 0.6 is 35.6 Å². The SMILES string of the molecule is CN=C(NCCc1nc(-c2cccc(Cl)c2)no1)NC(C)C.I. The quantitative estimate of drug-likeness (QED) is 0.417. The summed E-state index contributed by atoms with van der Waals surface area (Å²) in [6.45, 7) is 4.77. The molecule has 0 unspecified atom stereocenters. The van der Waals surface area contributed by atoms with Crippen LogP contribution < -0.4 is 10.6 Å². The molecule has 0 aliphatic carbocycles. The number of guanidine groups is 1. The molecule has 0 bridgehead atoms. The van der Waals surface area contributed by atoms with Crippen molar-refractivity contribution in [3.8, 4) is 11.4 Å². The third-order valence-electron chi connectivity index (χ3n) is 2.83. The molecule has 1 heterocycles. The first-order valence-corrected chi connectivity index (χ1v) is 7.52. The van der Waals surface area contributed by atoms with Crippen molar-refractivity contribution < 1.29 is 4.52 Å². The van der Waals surface area contributed by atoms with E-state index in [1.165, 1.54) is 0 Å². The molecule has 1 aromatic carbocycles. The Balaban J connectivity index is 0.00000264. The number of benzene rings is 1. The summed E-state index contributed by atoms with van der Waals surface area (Å²) < 4.78 is 5.25. The first-order valence-electron chi connectivity index (χ1n) is 7.14. The van der Waals surface area contributed by atoms with E-state index in [1.807, 2.05) is 24.3 Å². The average molecular weight is 450 g/mol. The number of halogens is 2. The highest BCUT2D eigenvalue weighted by atomic mass is 127. The zero-order chi connectivity index (χ0) is 15.9. The molecule has 0 spiro atoms. The number of nitrogens with one attached hydrogen (secondary N) is 2. The van der Waals surface area contributed by atoms with Gasteiger partial charge in [-0.3, -0.25) is 4.99 Å². The van der Waals surface area contributed by atoms with Gasteiger partial charge in [0, 0.05) is 36.6 Å². The molecule has 0 saturated carbocycles. The summed E-state index contributed by atoms with van der Waals surface area (Å²) >= 11 is 5.96. The first kappa shape index (κ1) is 19.7. The second-order valence-corrected chi connectivity index (χ2v) is 5.51. The van der Waals surface area contributed by atoms with E-state index in [2.05, 4.69) is 39.6 Å². The van der Waals surface area contributed by atoms with Crippen molar-refractivity contribution in [3.05, 3.63) is 35.2 Å². The van der Waals surface area contributed by atoms with Crippen LogP contribution in [-0.2, 0) is 6.42 Å². The lowest BCUT2D eigenvalue weighted by molar-refractivity contribution is 0.378. The Morgan fingerprint density at radius 3 is 2.83 bits per heavy atom. The van der Waals surface area contributed by atoms with Crippen molar-refractivity contribution in [1.82, 2.24) is 20.8 Å². The minimum Gasteiger partial charge on any atom is -0.356 e. The lowest BCUT2D eigenvalue weighted by Gasteiger charge is -2.13. The van der Waals surface area contributed by atoms with Crippen LogP contribution in [0.25, 0.3) is 11.4 Å². The summed E-state index contributed by atoms with van der Waals surface area (Å²) in [5.74, 6) is 1.87. The third kappa shape index (κ3) is 6.34. The molecule has 1 aromatic heterocycles. The fourth-order valence-corrected chi connectivity index (χ4v) is 2.05. The summed E-state index contributed by atoms with van der Waals surface area (Å²) in [6.07, 6.45) is 0.617. The molecular weight excluding hydrogens is 429 g/mol. The molecular formula is C15H21ClIN5O. The van der Waals surface area contributed by atoms with Crippen LogP contribution in [0, 0.1) is 0 Å². The van der Waals surface area contributed by atoms with E-state index in [9.17, 15) is 0 Å². The Hall–Kier alpha value is -1.35. The van der Waals surface area contributed by atoms with Crippen molar-refractivity contribution in [2.45, 2.75) is 26.3 Å². The van der Waals surface area contributed by atoms with Crippen molar-refractivity contribution in [2.24, 2.45) is 4.99 Å². The van der Waals surface area contributed by atoms with Crippen molar-refractivity contribution in [2.75, 3.05) is 13.6 Å². The monoisotopic (exact) mass is 449 g/mol. The molecule has 6 nitrogen and oxygen atoms in total. The summed E-state index contributed by atoms with van der Waals surface area (Å²) in [4.78, 5) is 8.50. The highest BCUT2D eigenvalue weighted by Crippen LogP contribution is 2.19. The molecule has 2 aromatic rings. The largest absolute Gasteiger partial charge is 0.356 e. The molecule has 0 aliphatic heterocycles. The number of rotatable bonds is 5. The molecule has 2 rings (SSSR count). The van der Waals surface area contributed by atoms with Crippen LogP contribution in [0.1, 0.15) is 19.7 Å². The van der Waals surface area contributed by atoms with Gasteiger partial charge in [-0.25, -0.2) is 0 Å². The van der Waals surface area contributed by atoms with E-state index in [4.69, 9.17) is 16.1 Å². The lowest BCUT2D eigenvalue weighted by Crippen LogP contribution is -2.41. The number of aromatic nitrogens is 2. The highest BCUT2D eigenvalue weighted by Gasteiger charge is 2.09. The molecule has 0 atom stereocenters. The maximum atomic E-state index is 5.96. The Bertz CT molecular complexity index is 644. The van der Waals surface area contributed by atoms with Crippen molar-refractivity contribution in [1.29, 1.82) is 0 Å². The first-order chi connectivity index (χ1) is 10.6. The number of nitrogens with zero attached hydrogens (tertiary/aromatic N) is 3. The van der Waals surface area contributed by atoms with Crippen LogP contribution in [0.15, 0.2) is 33.8 Å². The molecule has 126 valence electrons. The fraction of sp³-hybridized carbons (Fsp3) is 0.400. The smallest absolute Gasteiger partial charge is 0.228 e. The van der Waals surface area contributed by atoms with E-state index in [-0.39, 0.29) is 24.0 Å². The summed E-state index contributed by atoms with van der Waals surface area (Å²) in [5, 5.41) is 11.0. The minimum absolute atomic E-state index is 0. The van der Waals surface area contributed by atoms with Crippen molar-refractivity contribution in [3.63, 3.8) is 0 Å². The maximum Gasteiger partial charge on any atom is 0.228 e. The second kappa shape index (κ2) is 9.71. The summed E-state index contributed by atoms with van der Waals surface area (Å²) in [5.41, 5.74) is 0.841. The van der Waals surface area contributed by atoms with Gasteiger partial charge in [-0.05, 0) is 26.0 Å². The predicted molar refractivity (Wildman–Crippen MR) is 103 cm³/mol. The Labute approximate surface area is 158 Å². The normalized spacial score (nSPS) is 11.3. The molecule has 8 heteroatoms. The molecule has 0 fully saturated rings. The lowest BCUT2D eigenvalue weighted by atomic mass is 10.2. The average Bonchev–Trinajstić information content (AvgIpc) is 2.94. The van der Waals surface area contributed by atoms with Crippen molar-refractivity contribution >= 4 is 41.5 Å². The third-order valence-corrected chi connectivity index (χ3v) is 3.07. The zero-order valence-corrected chi connectivity index (χ0v) is 16.4. The Kier molecular flexibility index (Phi) is 8.32. The van der Waals surface area contributed by atoms with Gasteiger partial charge in [0.15, 0.2) is 5.96 Å². The molecule has 0 aliphatic rings. The summed E-state index contributed by atoms with van der Waals surface area (Å²) in [7, 11) is 1.74. The molecule has 0 radical (unpaired) electrons. The Morgan fingerprint density at radius 2 is 2.17 bits per heavy atom. The predicted octanol–water partition coefficient (Wildman–Crippen LogP) is 3.12. The highest BCUT2D eigenvalue weighted by molar-refractivity contribution is 14.0. The second-order valence-electron chi connectivity index (χ2n) is 5.07. The maximum absolute atomic E-state index is 5.96. The summed E-state index contributed by atoms with van der Waals surface area (Å²) in [6, 6.07) is 7.69. The van der Waals surface area contributed by atoms with Crippen LogP contribution in [0.4, 0.5) is 0 Å². The van der Waals surface area contributed by atoms with Gasteiger partial charge in [-0.2, -0.15) is 4.98 Å². The fourth-order valence-electron chi connectivity index (χ4n) is 1.86. The molecule has 0 saturated heterocycles. The van der Waals surface area contributed by atoms with Gasteiger partial charge in [0.25, 0.3) is 0 Å². The number of hydrogen-bond acceptors (Lipinski definition) is 4. The van der Waals surface area contributed by atoms with E-state index < -0.39 is 0 Å². The zero-order valence-electron chi connectivity index (χ0n) is 13.3. The van der Waals surface area contributed by atoms with Crippen LogP contribution in [0.2, 0.25) is 5.02 Å². The van der Waals surface area contributed by atoms with Crippen LogP contribution in [0.3, 0.4) is 0 Å². The minimum atomic E-state index is 0. The van der Waals surface area contributed by atoms with Gasteiger partial charge in [0.05, 0.1) is 0 Å². The standard InChI is InChI=1S/C15H20ClN5O.HI/c1-10(2)19-15(17-3)18-8-7-13-20-14(21-22-13)11-5-4-6-12(16)9-11;/h4-6,9-10H,7-8H2,1-3H3,(H2,17,18,19);1H. The van der Waals surface area contributed by atoms with Crippen LogP contribution in [-0.4, -0.2) is 35.7 Å². The van der Waals surface area contributed by atoms with Crippen LogP contribution in [0.5, 0.6) is 0 Å². The van der Waals surface area contributed by atoms with Gasteiger partial charge >= 0.3 is 0 Å². The van der Waals surface area contributed by atoms with E-state index in [1.54, 1.807) is 7.05 Å². The van der Waals surface area contributed by atoms with E-state index in [0.29, 0.717) is 35.7 Å². The van der Waals surface area contributed by atoms with Gasteiger partial charge in [0.1, 0.15) is 0 Å². The number of hydrogen-bond donors (Lipinski definition) is 2. The van der Waals surface area contributed by atoms with E-state index >= 15 is 0 Å². The van der Waals surface area contributed by atoms with Gasteiger partial charge in [-0.1, -0.05) is 28.9 Å².